The lowest BCUT2D eigenvalue weighted by Gasteiger charge is -2.27. The van der Waals surface area contributed by atoms with Crippen molar-refractivity contribution in [2.75, 3.05) is 6.61 Å². The Bertz CT molecular complexity index is 1060. The first-order valence-electron chi connectivity index (χ1n) is 9.47. The van der Waals surface area contributed by atoms with E-state index in [2.05, 4.69) is 53.3 Å². The Kier molecular flexibility index (Phi) is 5.99. The summed E-state index contributed by atoms with van der Waals surface area (Å²) in [5, 5.41) is 8.70. The smallest absolute Gasteiger partial charge is 0.237 e. The van der Waals surface area contributed by atoms with E-state index in [0.29, 0.717) is 13.0 Å². The van der Waals surface area contributed by atoms with Gasteiger partial charge in [0.25, 0.3) is 0 Å². The second kappa shape index (κ2) is 8.44. The lowest BCUT2D eigenvalue weighted by Crippen LogP contribution is -2.36. The Balaban J connectivity index is 2.15. The Labute approximate surface area is 167 Å². The highest BCUT2D eigenvalue weighted by molar-refractivity contribution is 6.83. The molecular formula is C23H25N3OSi. The zero-order valence-corrected chi connectivity index (χ0v) is 17.9. The molecule has 0 saturated carbocycles. The molecule has 142 valence electrons. The number of ether oxygens (including phenoxy) is 1. The topological polar surface area (TPSA) is 39.9 Å². The molecule has 0 radical (unpaired) electrons. The molecule has 2 aromatic carbocycles. The van der Waals surface area contributed by atoms with Crippen LogP contribution < -0.4 is 0 Å². The Morgan fingerprint density at radius 1 is 1.04 bits per heavy atom. The van der Waals surface area contributed by atoms with Gasteiger partial charge in [0, 0.05) is 12.2 Å². The quantitative estimate of drug-likeness (QED) is 0.491. The predicted octanol–water partition coefficient (Wildman–Crippen LogP) is 4.44. The maximum Gasteiger partial charge on any atom is 0.237 e. The van der Waals surface area contributed by atoms with E-state index in [-0.39, 0.29) is 0 Å². The first-order chi connectivity index (χ1) is 13.4. The van der Waals surface area contributed by atoms with E-state index in [4.69, 9.17) is 4.74 Å². The van der Waals surface area contributed by atoms with Crippen molar-refractivity contribution in [2.24, 2.45) is 0 Å². The van der Waals surface area contributed by atoms with Gasteiger partial charge in [0.2, 0.25) is 5.72 Å². The van der Waals surface area contributed by atoms with Crippen LogP contribution in [-0.2, 0) is 10.5 Å². The molecule has 5 heteroatoms. The molecule has 0 saturated heterocycles. The maximum absolute atomic E-state index is 6.22. The van der Waals surface area contributed by atoms with E-state index in [0.717, 1.165) is 16.6 Å². The fraction of sp³-hybridized carbons (Fsp3) is 0.304. The fourth-order valence-electron chi connectivity index (χ4n) is 2.82. The summed E-state index contributed by atoms with van der Waals surface area (Å²) < 4.78 is 8.00. The monoisotopic (exact) mass is 387 g/mol. The average molecular weight is 388 g/mol. The summed E-state index contributed by atoms with van der Waals surface area (Å²) in [7, 11) is -1.52. The maximum atomic E-state index is 6.22. The number of aromatic nitrogens is 3. The van der Waals surface area contributed by atoms with Crippen molar-refractivity contribution in [3.63, 3.8) is 0 Å². The molecule has 0 aliphatic carbocycles. The Morgan fingerprint density at radius 2 is 1.75 bits per heavy atom. The molecule has 0 bridgehead atoms. The number of hydrogen-bond acceptors (Lipinski definition) is 3. The average Bonchev–Trinajstić information content (AvgIpc) is 3.11. The molecule has 1 aromatic heterocycles. The van der Waals surface area contributed by atoms with Crippen LogP contribution in [-0.4, -0.2) is 29.7 Å². The van der Waals surface area contributed by atoms with E-state index in [1.54, 1.807) is 4.68 Å². The van der Waals surface area contributed by atoms with E-state index < -0.39 is 13.8 Å². The summed E-state index contributed by atoms with van der Waals surface area (Å²) >= 11 is 0. The summed E-state index contributed by atoms with van der Waals surface area (Å²) in [5.41, 5.74) is 5.05. The van der Waals surface area contributed by atoms with Gasteiger partial charge in [0.05, 0.1) is 11.9 Å². The molecular weight excluding hydrogens is 362 g/mol. The molecule has 0 fully saturated rings. The van der Waals surface area contributed by atoms with Gasteiger partial charge in [-0.3, -0.25) is 0 Å². The van der Waals surface area contributed by atoms with Crippen LogP contribution in [0.15, 0.2) is 54.6 Å². The largest absolute Gasteiger partial charge is 0.343 e. The van der Waals surface area contributed by atoms with Crippen LogP contribution in [0.4, 0.5) is 0 Å². The summed E-state index contributed by atoms with van der Waals surface area (Å²) in [5.74, 6) is 9.92. The normalized spacial score (nSPS) is 13.1. The number of para-hydroxylation sites is 1. The van der Waals surface area contributed by atoms with Gasteiger partial charge in [-0.1, -0.05) is 61.1 Å². The van der Waals surface area contributed by atoms with Gasteiger partial charge >= 0.3 is 0 Å². The zero-order valence-electron chi connectivity index (χ0n) is 16.9. The summed E-state index contributed by atoms with van der Waals surface area (Å²) in [6.07, 6.45) is 0.429. The van der Waals surface area contributed by atoms with Crippen molar-refractivity contribution < 1.29 is 4.74 Å². The van der Waals surface area contributed by atoms with Crippen molar-refractivity contribution in [2.45, 2.75) is 38.7 Å². The molecule has 0 spiro atoms. The summed E-state index contributed by atoms with van der Waals surface area (Å²) in [6.45, 7) is 9.13. The van der Waals surface area contributed by atoms with Crippen LogP contribution in [0.25, 0.3) is 11.0 Å². The lowest BCUT2D eigenvalue weighted by atomic mass is 10.1. The van der Waals surface area contributed by atoms with Crippen LogP contribution in [0, 0.1) is 23.3 Å². The molecule has 4 nitrogen and oxygen atoms in total. The van der Waals surface area contributed by atoms with Crippen LogP contribution in [0.1, 0.15) is 18.9 Å². The first-order valence-corrected chi connectivity index (χ1v) is 13.0. The Morgan fingerprint density at radius 3 is 2.46 bits per heavy atom. The summed E-state index contributed by atoms with van der Waals surface area (Å²) in [6, 6.07) is 17.7. The van der Waals surface area contributed by atoms with E-state index >= 15 is 0 Å². The van der Waals surface area contributed by atoms with Crippen LogP contribution >= 0.6 is 0 Å². The van der Waals surface area contributed by atoms with E-state index in [9.17, 15) is 0 Å². The van der Waals surface area contributed by atoms with Crippen molar-refractivity contribution in [3.8, 4) is 23.3 Å². The third-order valence-electron chi connectivity index (χ3n) is 4.04. The number of nitrogens with zero attached hydrogens (tertiary/aromatic N) is 3. The van der Waals surface area contributed by atoms with Gasteiger partial charge in [-0.2, -0.15) is 0 Å². The fourth-order valence-corrected chi connectivity index (χ4v) is 3.43. The molecule has 0 aliphatic heterocycles. The minimum Gasteiger partial charge on any atom is -0.343 e. The third-order valence-corrected chi connectivity index (χ3v) is 4.97. The highest BCUT2D eigenvalue weighted by atomic mass is 28.3. The van der Waals surface area contributed by atoms with Crippen LogP contribution in [0.3, 0.4) is 0 Å². The standard InChI is InChI=1S/C23H25N3OSi/c1-5-27-23(17-11-19-28(2,3)4,18-16-20-12-7-6-8-13-20)26-22-15-10-9-14-21(22)24-25-26/h6-10,12-15H,5,17H2,1-4H3. The highest BCUT2D eigenvalue weighted by Gasteiger charge is 2.33. The summed E-state index contributed by atoms with van der Waals surface area (Å²) in [4.78, 5) is 0. The number of rotatable bonds is 4. The molecule has 0 N–H and O–H groups in total. The van der Waals surface area contributed by atoms with Crippen molar-refractivity contribution in [1.29, 1.82) is 0 Å². The number of benzene rings is 2. The second-order valence-corrected chi connectivity index (χ2v) is 12.3. The SMILES string of the molecule is CCOC(C#Cc1ccccc1)(CC#C[Si](C)(C)C)n1nnc2ccccc21. The molecule has 0 amide bonds. The molecule has 28 heavy (non-hydrogen) atoms. The lowest BCUT2D eigenvalue weighted by molar-refractivity contribution is -0.0563. The molecule has 0 aliphatic rings. The molecule has 3 aromatic rings. The second-order valence-electron chi connectivity index (χ2n) is 7.55. The first kappa shape index (κ1) is 19.9. The number of fused-ring (bicyclic) bond motifs is 1. The minimum atomic E-state index is -1.52. The van der Waals surface area contributed by atoms with Crippen molar-refractivity contribution in [3.05, 3.63) is 60.2 Å². The van der Waals surface area contributed by atoms with Crippen LogP contribution in [0.2, 0.25) is 19.6 Å². The third kappa shape index (κ3) is 4.70. The number of hydrogen-bond donors (Lipinski definition) is 0. The molecule has 1 atom stereocenters. The Hall–Kier alpha value is -2.86. The van der Waals surface area contributed by atoms with E-state index in [1.165, 1.54) is 0 Å². The minimum absolute atomic E-state index is 0.429. The molecule has 1 unspecified atom stereocenters. The van der Waals surface area contributed by atoms with Gasteiger partial charge in [-0.25, -0.2) is 4.68 Å². The van der Waals surface area contributed by atoms with Crippen LogP contribution in [0.5, 0.6) is 0 Å². The van der Waals surface area contributed by atoms with Gasteiger partial charge in [-0.15, -0.1) is 16.6 Å². The molecule has 3 rings (SSSR count). The van der Waals surface area contributed by atoms with Gasteiger partial charge in [0.15, 0.2) is 0 Å². The highest BCUT2D eigenvalue weighted by Crippen LogP contribution is 2.26. The van der Waals surface area contributed by atoms with Gasteiger partial charge in [0.1, 0.15) is 13.6 Å². The molecule has 1 heterocycles. The van der Waals surface area contributed by atoms with Crippen molar-refractivity contribution in [1.82, 2.24) is 15.0 Å². The van der Waals surface area contributed by atoms with E-state index in [1.807, 2.05) is 61.5 Å². The van der Waals surface area contributed by atoms with Crippen molar-refractivity contribution >= 4 is 19.1 Å². The van der Waals surface area contributed by atoms with Gasteiger partial charge < -0.3 is 4.74 Å². The predicted molar refractivity (Wildman–Crippen MR) is 116 cm³/mol. The van der Waals surface area contributed by atoms with Gasteiger partial charge in [-0.05, 0) is 37.1 Å². The zero-order chi connectivity index (χ0) is 20.0.